The average Bonchev–Trinajstić information content (AvgIpc) is 2.16. The van der Waals surface area contributed by atoms with Crippen LogP contribution in [0.4, 0.5) is 0 Å². The van der Waals surface area contributed by atoms with Crippen molar-refractivity contribution >= 4 is 0 Å². The van der Waals surface area contributed by atoms with Gasteiger partial charge in [0.2, 0.25) is 0 Å². The second kappa shape index (κ2) is 5.95. The van der Waals surface area contributed by atoms with Crippen molar-refractivity contribution in [2.24, 2.45) is 11.8 Å². The molecule has 0 fully saturated rings. The zero-order chi connectivity index (χ0) is 11.3. The first-order valence-corrected chi connectivity index (χ1v) is 6.11. The fraction of sp³-hybridized carbons (Fsp3) is 0.600. The van der Waals surface area contributed by atoms with Gasteiger partial charge in [-0.05, 0) is 44.4 Å². The van der Waals surface area contributed by atoms with E-state index in [9.17, 15) is 0 Å². The van der Waals surface area contributed by atoms with Gasteiger partial charge in [-0.3, -0.25) is 0 Å². The van der Waals surface area contributed by atoms with Crippen molar-refractivity contribution in [3.63, 3.8) is 0 Å². The van der Waals surface area contributed by atoms with Crippen LogP contribution in [0.25, 0.3) is 0 Å². The largest absolute Gasteiger partial charge is 0.0958 e. The number of hydrogen-bond acceptors (Lipinski definition) is 0. The summed E-state index contributed by atoms with van der Waals surface area (Å²) in [4.78, 5) is 0. The Hall–Kier alpha value is -0.780. The van der Waals surface area contributed by atoms with Gasteiger partial charge in [-0.15, -0.1) is 0 Å². The van der Waals surface area contributed by atoms with Gasteiger partial charge in [0.15, 0.2) is 0 Å². The fourth-order valence-corrected chi connectivity index (χ4v) is 2.00. The Morgan fingerprint density at radius 2 is 2.07 bits per heavy atom. The summed E-state index contributed by atoms with van der Waals surface area (Å²) in [5.74, 6) is 1.45. The topological polar surface area (TPSA) is 0 Å². The molecule has 0 amide bonds. The van der Waals surface area contributed by atoms with E-state index in [0.29, 0.717) is 5.92 Å². The zero-order valence-corrected chi connectivity index (χ0v) is 10.4. The third-order valence-electron chi connectivity index (χ3n) is 3.27. The third kappa shape index (κ3) is 4.51. The highest BCUT2D eigenvalue weighted by Gasteiger charge is 2.10. The van der Waals surface area contributed by atoms with Crippen LogP contribution in [0.2, 0.25) is 0 Å². The van der Waals surface area contributed by atoms with Crippen LogP contribution in [0.5, 0.6) is 0 Å². The van der Waals surface area contributed by atoms with Crippen LogP contribution in [-0.4, -0.2) is 0 Å². The summed E-state index contributed by atoms with van der Waals surface area (Å²) in [6.45, 7) is 11.0. The van der Waals surface area contributed by atoms with Gasteiger partial charge >= 0.3 is 0 Å². The minimum absolute atomic E-state index is 0.711. The summed E-state index contributed by atoms with van der Waals surface area (Å²) in [5, 5.41) is 0. The van der Waals surface area contributed by atoms with Gasteiger partial charge in [-0.25, -0.2) is 0 Å². The standard InChI is InChI=1S/C15H24/c1-12(2)15-10-8-13(3)6-5-7-14(4)9-11-15/h7-8,10,12,15H,3,5-6,9,11H2,1-2,4H3/b10-8+,14-7+. The summed E-state index contributed by atoms with van der Waals surface area (Å²) < 4.78 is 0. The molecule has 0 aromatic heterocycles. The van der Waals surface area contributed by atoms with Crippen LogP contribution in [0.3, 0.4) is 0 Å². The van der Waals surface area contributed by atoms with Crippen LogP contribution >= 0.6 is 0 Å². The van der Waals surface area contributed by atoms with Crippen LogP contribution < -0.4 is 0 Å². The van der Waals surface area contributed by atoms with Gasteiger partial charge in [-0.2, -0.15) is 0 Å². The molecule has 0 heteroatoms. The molecule has 0 nitrogen and oxygen atoms in total. The molecule has 84 valence electrons. The van der Waals surface area contributed by atoms with E-state index in [1.165, 1.54) is 18.4 Å². The summed E-state index contributed by atoms with van der Waals surface area (Å²) in [5.41, 5.74) is 2.82. The van der Waals surface area contributed by atoms with E-state index in [1.54, 1.807) is 5.57 Å². The Labute approximate surface area is 94.8 Å². The van der Waals surface area contributed by atoms with Gasteiger partial charge in [0.05, 0.1) is 0 Å². The number of rotatable bonds is 1. The Bertz CT molecular complexity index is 266. The molecular weight excluding hydrogens is 180 g/mol. The lowest BCUT2D eigenvalue weighted by Crippen LogP contribution is -2.06. The predicted molar refractivity (Wildman–Crippen MR) is 68.8 cm³/mol. The molecule has 0 bridgehead atoms. The lowest BCUT2D eigenvalue weighted by molar-refractivity contribution is 0.435. The van der Waals surface area contributed by atoms with E-state index in [-0.39, 0.29) is 0 Å². The normalized spacial score (nSPS) is 29.7. The van der Waals surface area contributed by atoms with E-state index < -0.39 is 0 Å². The molecule has 0 heterocycles. The van der Waals surface area contributed by atoms with Crippen molar-refractivity contribution in [3.05, 3.63) is 36.0 Å². The quantitative estimate of drug-likeness (QED) is 0.533. The summed E-state index contributed by atoms with van der Waals surface area (Å²) in [6, 6.07) is 0. The lowest BCUT2D eigenvalue weighted by atomic mass is 9.88. The molecule has 1 aliphatic rings. The van der Waals surface area contributed by atoms with Crippen molar-refractivity contribution < 1.29 is 0 Å². The fourth-order valence-electron chi connectivity index (χ4n) is 2.00. The van der Waals surface area contributed by atoms with Gasteiger partial charge in [0.25, 0.3) is 0 Å². The number of hydrogen-bond donors (Lipinski definition) is 0. The SMILES string of the molecule is C=C1/C=C/C(C(C)C)CC/C(C)=C/CC1. The third-order valence-corrected chi connectivity index (χ3v) is 3.27. The minimum atomic E-state index is 0.711. The van der Waals surface area contributed by atoms with Crippen LogP contribution in [-0.2, 0) is 0 Å². The Balaban J connectivity index is 2.70. The molecule has 0 N–H and O–H groups in total. The second-order valence-corrected chi connectivity index (χ2v) is 5.05. The summed E-state index contributed by atoms with van der Waals surface area (Å²) >= 11 is 0. The van der Waals surface area contributed by atoms with Crippen LogP contribution in [0, 0.1) is 11.8 Å². The Morgan fingerprint density at radius 3 is 2.73 bits per heavy atom. The first-order valence-electron chi connectivity index (χ1n) is 6.11. The predicted octanol–water partition coefficient (Wildman–Crippen LogP) is 4.89. The molecular formula is C15H24. The van der Waals surface area contributed by atoms with E-state index in [1.807, 2.05) is 0 Å². The van der Waals surface area contributed by atoms with Gasteiger partial charge in [-0.1, -0.05) is 49.8 Å². The van der Waals surface area contributed by atoms with Gasteiger partial charge < -0.3 is 0 Å². The molecule has 15 heavy (non-hydrogen) atoms. The van der Waals surface area contributed by atoms with Crippen LogP contribution in [0.1, 0.15) is 46.5 Å². The highest BCUT2D eigenvalue weighted by Crippen LogP contribution is 2.24. The van der Waals surface area contributed by atoms with E-state index in [4.69, 9.17) is 0 Å². The van der Waals surface area contributed by atoms with Crippen LogP contribution in [0.15, 0.2) is 36.0 Å². The maximum atomic E-state index is 4.09. The molecule has 0 saturated carbocycles. The molecule has 0 spiro atoms. The van der Waals surface area contributed by atoms with E-state index >= 15 is 0 Å². The van der Waals surface area contributed by atoms with Crippen molar-refractivity contribution in [1.82, 2.24) is 0 Å². The van der Waals surface area contributed by atoms with E-state index in [2.05, 4.69) is 45.6 Å². The van der Waals surface area contributed by atoms with E-state index in [0.717, 1.165) is 18.8 Å². The van der Waals surface area contributed by atoms with Crippen molar-refractivity contribution in [2.75, 3.05) is 0 Å². The minimum Gasteiger partial charge on any atom is -0.0958 e. The molecule has 0 saturated heterocycles. The summed E-state index contributed by atoms with van der Waals surface area (Å²) in [6.07, 6.45) is 11.8. The smallest absolute Gasteiger partial charge is 0.0204 e. The molecule has 1 aliphatic carbocycles. The molecule has 0 aliphatic heterocycles. The maximum Gasteiger partial charge on any atom is -0.0204 e. The van der Waals surface area contributed by atoms with Crippen molar-refractivity contribution in [3.8, 4) is 0 Å². The first-order chi connectivity index (χ1) is 7.09. The monoisotopic (exact) mass is 204 g/mol. The lowest BCUT2D eigenvalue weighted by Gasteiger charge is -2.18. The zero-order valence-electron chi connectivity index (χ0n) is 10.4. The molecule has 0 aromatic rings. The Morgan fingerprint density at radius 1 is 1.33 bits per heavy atom. The summed E-state index contributed by atoms with van der Waals surface area (Å²) in [7, 11) is 0. The van der Waals surface area contributed by atoms with Gasteiger partial charge in [0.1, 0.15) is 0 Å². The molecule has 1 unspecified atom stereocenters. The number of allylic oxidation sites excluding steroid dienone is 5. The highest BCUT2D eigenvalue weighted by atomic mass is 14.2. The van der Waals surface area contributed by atoms with Gasteiger partial charge in [0, 0.05) is 0 Å². The second-order valence-electron chi connectivity index (χ2n) is 5.05. The first kappa shape index (κ1) is 12.3. The highest BCUT2D eigenvalue weighted by molar-refractivity contribution is 5.17. The Kier molecular flexibility index (Phi) is 4.87. The molecule has 0 aromatic carbocycles. The molecule has 1 rings (SSSR count). The molecule has 1 atom stereocenters. The van der Waals surface area contributed by atoms with Crippen molar-refractivity contribution in [1.29, 1.82) is 0 Å². The average molecular weight is 204 g/mol. The van der Waals surface area contributed by atoms with Crippen molar-refractivity contribution in [2.45, 2.75) is 46.5 Å². The maximum absolute atomic E-state index is 4.09. The molecule has 0 radical (unpaired) electrons.